The predicted octanol–water partition coefficient (Wildman–Crippen LogP) is 16.4. The van der Waals surface area contributed by atoms with Crippen molar-refractivity contribution in [3.63, 3.8) is 0 Å². The highest BCUT2D eigenvalue weighted by Gasteiger charge is 2.25. The molecule has 0 spiro atoms. The molecule has 0 radical (unpaired) electrons. The third kappa shape index (κ3) is 5.45. The topological polar surface area (TPSA) is 26.0 Å². The van der Waals surface area contributed by atoms with Gasteiger partial charge in [-0.2, -0.15) is 0 Å². The van der Waals surface area contributed by atoms with E-state index in [0.29, 0.717) is 5.89 Å². The van der Waals surface area contributed by atoms with Crippen LogP contribution in [0.5, 0.6) is 0 Å². The highest BCUT2D eigenvalue weighted by atomic mass is 16.4. The number of aryl methyl sites for hydroxylation is 3. The van der Waals surface area contributed by atoms with Crippen LogP contribution < -0.4 is 0 Å². The molecule has 0 saturated carbocycles. The van der Waals surface area contributed by atoms with Crippen LogP contribution in [0.3, 0.4) is 0 Å². The lowest BCUT2D eigenvalue weighted by Gasteiger charge is -2.24. The lowest BCUT2D eigenvalue weighted by Crippen LogP contribution is -2.01. The van der Waals surface area contributed by atoms with Crippen molar-refractivity contribution < 1.29 is 4.42 Å². The molecule has 2 nitrogen and oxygen atoms in total. The molecular formula is C59H43NO. The van der Waals surface area contributed by atoms with E-state index in [0.717, 1.165) is 41.5 Å². The third-order valence-electron chi connectivity index (χ3n) is 13.5. The summed E-state index contributed by atoms with van der Waals surface area (Å²) in [7, 11) is 0. The molecule has 12 rings (SSSR count). The van der Waals surface area contributed by atoms with Crippen LogP contribution in [0.4, 0.5) is 0 Å². The first kappa shape index (κ1) is 35.6. The van der Waals surface area contributed by atoms with Gasteiger partial charge in [-0.15, -0.1) is 0 Å². The Hall–Kier alpha value is -7.29. The molecule has 0 N–H and O–H groups in total. The molecule has 11 aromatic rings. The maximum absolute atomic E-state index is 6.76. The number of rotatable bonds is 6. The fourth-order valence-electron chi connectivity index (χ4n) is 10.5. The first-order chi connectivity index (χ1) is 30.1. The van der Waals surface area contributed by atoms with Crippen molar-refractivity contribution in [1.29, 1.82) is 0 Å². The summed E-state index contributed by atoms with van der Waals surface area (Å²) in [6, 6.07) is 56.4. The zero-order valence-electron chi connectivity index (χ0n) is 34.6. The summed E-state index contributed by atoms with van der Waals surface area (Å²) in [5.74, 6) is 1.38. The van der Waals surface area contributed by atoms with Crippen LogP contribution in [0, 0.1) is 13.8 Å². The van der Waals surface area contributed by atoms with Gasteiger partial charge in [0.1, 0.15) is 0 Å². The Labute approximate surface area is 355 Å². The molecule has 0 fully saturated rings. The fraction of sp³-hybridized carbons (Fsp3) is 0.102. The summed E-state index contributed by atoms with van der Waals surface area (Å²) in [5.41, 5.74) is 16.2. The quantitative estimate of drug-likeness (QED) is 0.157. The van der Waals surface area contributed by atoms with Crippen LogP contribution in [0.1, 0.15) is 41.2 Å². The van der Waals surface area contributed by atoms with E-state index < -0.39 is 0 Å². The van der Waals surface area contributed by atoms with Gasteiger partial charge in [-0.1, -0.05) is 159 Å². The van der Waals surface area contributed by atoms with Crippen molar-refractivity contribution in [1.82, 2.24) is 4.98 Å². The SMILES string of the molecule is CCc1ccc(-c2cc(-c3ncc(-c4ccccc4)o3)c3ccc4c(-c5ccc(C)c6ccccc56)cc(-c5ccc(C)c6c5C=CCC6)c5ccc2c3c54)c2ccccc12. The van der Waals surface area contributed by atoms with E-state index >= 15 is 0 Å². The zero-order valence-corrected chi connectivity index (χ0v) is 34.6. The van der Waals surface area contributed by atoms with Gasteiger partial charge in [-0.05, 0) is 160 Å². The summed E-state index contributed by atoms with van der Waals surface area (Å²) < 4.78 is 6.76. The van der Waals surface area contributed by atoms with Gasteiger partial charge >= 0.3 is 0 Å². The van der Waals surface area contributed by atoms with Gasteiger partial charge in [0, 0.05) is 11.1 Å². The van der Waals surface area contributed by atoms with E-state index in [4.69, 9.17) is 9.40 Å². The van der Waals surface area contributed by atoms with E-state index in [1.54, 1.807) is 0 Å². The molecule has 2 heteroatoms. The maximum Gasteiger partial charge on any atom is 0.227 e. The average molecular weight is 782 g/mol. The van der Waals surface area contributed by atoms with Crippen molar-refractivity contribution >= 4 is 59.9 Å². The Morgan fingerprint density at radius 2 is 1.05 bits per heavy atom. The molecule has 0 saturated heterocycles. The fourth-order valence-corrected chi connectivity index (χ4v) is 10.5. The average Bonchev–Trinajstić information content (AvgIpc) is 3.82. The number of fused-ring (bicyclic) bond motifs is 3. The zero-order chi connectivity index (χ0) is 40.8. The van der Waals surface area contributed by atoms with Crippen LogP contribution >= 0.6 is 0 Å². The van der Waals surface area contributed by atoms with Crippen molar-refractivity contribution in [2.24, 2.45) is 0 Å². The van der Waals surface area contributed by atoms with Crippen LogP contribution in [0.25, 0.3) is 116 Å². The number of oxazole rings is 1. The lowest BCUT2D eigenvalue weighted by molar-refractivity contribution is 0.589. The first-order valence-corrected chi connectivity index (χ1v) is 21.6. The van der Waals surface area contributed by atoms with Gasteiger partial charge in [0.05, 0.1) is 6.20 Å². The number of benzene rings is 10. The standard InChI is InChI=1S/C59H43NO/c1-4-37-24-27-47(44-21-13-10-18-41(37)44)54-33-55(59-60-34-56(61-59)38-14-6-5-7-15-38)51-31-30-49-53(46-26-23-36(3)40-17-9-12-20-43(40)46)32-52(48-28-29-50(54)58(51)57(48)49)45-25-22-35(2)39-16-8-11-19-42(39)45/h5-7,9-15,17-34H,4,8,16H2,1-3H3. The lowest BCUT2D eigenvalue weighted by atomic mass is 9.80. The van der Waals surface area contributed by atoms with Gasteiger partial charge in [-0.3, -0.25) is 0 Å². The summed E-state index contributed by atoms with van der Waals surface area (Å²) in [6.07, 6.45) is 9.70. The van der Waals surface area contributed by atoms with E-state index in [9.17, 15) is 0 Å². The normalized spacial score (nSPS) is 12.7. The maximum atomic E-state index is 6.76. The summed E-state index contributed by atoms with van der Waals surface area (Å²) in [4.78, 5) is 5.02. The Kier molecular flexibility index (Phi) is 8.12. The second-order valence-corrected chi connectivity index (χ2v) is 16.8. The van der Waals surface area contributed by atoms with E-state index in [2.05, 4.69) is 166 Å². The molecule has 290 valence electrons. The van der Waals surface area contributed by atoms with Crippen molar-refractivity contribution in [3.05, 3.63) is 192 Å². The molecular weight excluding hydrogens is 739 g/mol. The second-order valence-electron chi connectivity index (χ2n) is 16.8. The summed E-state index contributed by atoms with van der Waals surface area (Å²) in [6.45, 7) is 6.73. The van der Waals surface area contributed by atoms with Crippen molar-refractivity contribution in [2.45, 2.75) is 40.0 Å². The minimum atomic E-state index is 0.621. The number of hydrogen-bond donors (Lipinski definition) is 0. The van der Waals surface area contributed by atoms with Crippen LogP contribution in [0.2, 0.25) is 0 Å². The Bertz CT molecular complexity index is 3590. The molecule has 0 atom stereocenters. The van der Waals surface area contributed by atoms with Gasteiger partial charge in [0.15, 0.2) is 5.76 Å². The van der Waals surface area contributed by atoms with E-state index in [-0.39, 0.29) is 0 Å². The number of aromatic nitrogens is 1. The molecule has 0 bridgehead atoms. The van der Waals surface area contributed by atoms with E-state index in [1.807, 2.05) is 24.4 Å². The number of allylic oxidation sites excluding steroid dienone is 1. The van der Waals surface area contributed by atoms with E-state index in [1.165, 1.54) is 110 Å². The minimum Gasteiger partial charge on any atom is -0.436 e. The van der Waals surface area contributed by atoms with Gasteiger partial charge in [-0.25, -0.2) is 4.98 Å². The molecule has 0 unspecified atom stereocenters. The molecule has 1 aliphatic carbocycles. The Morgan fingerprint density at radius 3 is 1.75 bits per heavy atom. The highest BCUT2D eigenvalue weighted by molar-refractivity contribution is 6.33. The highest BCUT2D eigenvalue weighted by Crippen LogP contribution is 2.51. The summed E-state index contributed by atoms with van der Waals surface area (Å²) >= 11 is 0. The van der Waals surface area contributed by atoms with Crippen LogP contribution in [0.15, 0.2) is 168 Å². The Balaban J connectivity index is 1.26. The molecule has 1 aromatic heterocycles. The van der Waals surface area contributed by atoms with Gasteiger partial charge < -0.3 is 4.42 Å². The molecule has 1 heterocycles. The Morgan fingerprint density at radius 1 is 0.492 bits per heavy atom. The largest absolute Gasteiger partial charge is 0.436 e. The first-order valence-electron chi connectivity index (χ1n) is 21.6. The van der Waals surface area contributed by atoms with Gasteiger partial charge in [0.2, 0.25) is 5.89 Å². The molecule has 0 amide bonds. The molecule has 10 aromatic carbocycles. The third-order valence-corrected chi connectivity index (χ3v) is 13.5. The smallest absolute Gasteiger partial charge is 0.227 e. The second kappa shape index (κ2) is 13.9. The van der Waals surface area contributed by atoms with Crippen LogP contribution in [-0.4, -0.2) is 4.98 Å². The monoisotopic (exact) mass is 781 g/mol. The number of hydrogen-bond acceptors (Lipinski definition) is 2. The number of nitrogens with zero attached hydrogens (tertiary/aromatic N) is 1. The van der Waals surface area contributed by atoms with Gasteiger partial charge in [0.25, 0.3) is 0 Å². The molecule has 61 heavy (non-hydrogen) atoms. The van der Waals surface area contributed by atoms with Crippen LogP contribution in [-0.2, 0) is 12.8 Å². The predicted molar refractivity (Wildman–Crippen MR) is 259 cm³/mol. The van der Waals surface area contributed by atoms with Crippen molar-refractivity contribution in [2.75, 3.05) is 0 Å². The molecule has 0 aliphatic heterocycles. The summed E-state index contributed by atoms with van der Waals surface area (Å²) in [5, 5.41) is 12.5. The van der Waals surface area contributed by atoms with Crippen molar-refractivity contribution in [3.8, 4) is 56.2 Å². The minimum absolute atomic E-state index is 0.621. The molecule has 1 aliphatic rings.